The molecule has 0 saturated heterocycles. The molecule has 3 rings (SSSR count). The fraction of sp³-hybridized carbons (Fsp3) is 0.333. The molecule has 9 heteroatoms. The highest BCUT2D eigenvalue weighted by atomic mass is 32.2. The molecule has 0 radical (unpaired) electrons. The summed E-state index contributed by atoms with van der Waals surface area (Å²) in [5.41, 5.74) is 1.80. The molecular formula is C30H36FN3O4S. The maximum atomic E-state index is 15.0. The van der Waals surface area contributed by atoms with Gasteiger partial charge in [-0.15, -0.1) is 0 Å². The second-order valence-corrected chi connectivity index (χ2v) is 12.6. The van der Waals surface area contributed by atoms with Gasteiger partial charge in [0.2, 0.25) is 11.8 Å². The predicted octanol–water partition coefficient (Wildman–Crippen LogP) is 4.97. The molecule has 2 amide bonds. The molecule has 208 valence electrons. The molecule has 1 N–H and O–H groups in total. The molecule has 1 unspecified atom stereocenters. The van der Waals surface area contributed by atoms with Gasteiger partial charge in [0.25, 0.3) is 10.0 Å². The van der Waals surface area contributed by atoms with Gasteiger partial charge in [0.15, 0.2) is 0 Å². The maximum Gasteiger partial charge on any atom is 0.264 e. The van der Waals surface area contributed by atoms with Crippen LogP contribution in [-0.2, 0) is 26.2 Å². The summed E-state index contributed by atoms with van der Waals surface area (Å²) in [7, 11) is -4.33. The summed E-state index contributed by atoms with van der Waals surface area (Å²) in [5.74, 6) is -1.82. The van der Waals surface area contributed by atoms with Crippen LogP contribution in [0.25, 0.3) is 0 Å². The minimum atomic E-state index is -4.33. The molecule has 1 atom stereocenters. The highest BCUT2D eigenvalue weighted by Gasteiger charge is 2.34. The Labute approximate surface area is 230 Å². The van der Waals surface area contributed by atoms with E-state index in [0.29, 0.717) is 0 Å². The van der Waals surface area contributed by atoms with E-state index in [1.807, 2.05) is 58.9 Å². The fourth-order valence-electron chi connectivity index (χ4n) is 4.07. The van der Waals surface area contributed by atoms with E-state index in [0.717, 1.165) is 27.1 Å². The number of rotatable bonds is 9. The Kier molecular flexibility index (Phi) is 9.17. The van der Waals surface area contributed by atoms with E-state index in [1.165, 1.54) is 35.2 Å². The van der Waals surface area contributed by atoms with Gasteiger partial charge in [-0.25, -0.2) is 12.8 Å². The molecule has 0 aliphatic carbocycles. The van der Waals surface area contributed by atoms with Crippen LogP contribution in [-0.4, -0.2) is 43.3 Å². The van der Waals surface area contributed by atoms with E-state index in [9.17, 15) is 22.4 Å². The lowest BCUT2D eigenvalue weighted by molar-refractivity contribution is -0.140. The number of para-hydroxylation sites is 1. The van der Waals surface area contributed by atoms with Gasteiger partial charge in [-0.2, -0.15) is 0 Å². The summed E-state index contributed by atoms with van der Waals surface area (Å²) in [6, 6.07) is 18.1. The minimum absolute atomic E-state index is 0.0644. The van der Waals surface area contributed by atoms with Crippen LogP contribution >= 0.6 is 0 Å². The minimum Gasteiger partial charge on any atom is -0.350 e. The number of halogens is 1. The maximum absolute atomic E-state index is 15.0. The fourth-order valence-corrected chi connectivity index (χ4v) is 5.49. The van der Waals surface area contributed by atoms with Crippen molar-refractivity contribution in [2.24, 2.45) is 0 Å². The Morgan fingerprint density at radius 1 is 0.923 bits per heavy atom. The average molecular weight is 554 g/mol. The van der Waals surface area contributed by atoms with Crippen LogP contribution in [0.5, 0.6) is 0 Å². The Bertz CT molecular complexity index is 1430. The Morgan fingerprint density at radius 3 is 2.15 bits per heavy atom. The summed E-state index contributed by atoms with van der Waals surface area (Å²) < 4.78 is 43.3. The van der Waals surface area contributed by atoms with E-state index < -0.39 is 39.9 Å². The monoisotopic (exact) mass is 553 g/mol. The largest absolute Gasteiger partial charge is 0.350 e. The first-order valence-corrected chi connectivity index (χ1v) is 14.1. The molecule has 0 aromatic heterocycles. The molecule has 0 fully saturated rings. The first-order chi connectivity index (χ1) is 18.2. The third-order valence-electron chi connectivity index (χ3n) is 6.11. The summed E-state index contributed by atoms with van der Waals surface area (Å²) in [5, 5.41) is 2.88. The van der Waals surface area contributed by atoms with Crippen molar-refractivity contribution in [3.05, 3.63) is 95.3 Å². The van der Waals surface area contributed by atoms with Gasteiger partial charge in [-0.05, 0) is 71.4 Å². The van der Waals surface area contributed by atoms with Crippen molar-refractivity contribution in [1.82, 2.24) is 10.2 Å². The zero-order valence-electron chi connectivity index (χ0n) is 23.2. The SMILES string of the molecule is Cc1ccc(S(=O)(=O)N(CC(=O)N(Cc2cccc(C)c2)C(C)C(=O)NC(C)(C)C)c2ccccc2F)cc1. The summed E-state index contributed by atoms with van der Waals surface area (Å²) in [6.45, 7) is 10.2. The van der Waals surface area contributed by atoms with Gasteiger partial charge >= 0.3 is 0 Å². The Balaban J connectivity index is 2.05. The number of hydrogen-bond donors (Lipinski definition) is 1. The molecule has 0 saturated carbocycles. The number of nitrogens with one attached hydrogen (secondary N) is 1. The van der Waals surface area contributed by atoms with Crippen molar-refractivity contribution < 1.29 is 22.4 Å². The van der Waals surface area contributed by atoms with Gasteiger partial charge in [0.1, 0.15) is 18.4 Å². The second-order valence-electron chi connectivity index (χ2n) is 10.7. The Hall–Kier alpha value is -3.72. The highest BCUT2D eigenvalue weighted by molar-refractivity contribution is 7.92. The third-order valence-corrected chi connectivity index (χ3v) is 7.88. The second kappa shape index (κ2) is 12.0. The van der Waals surface area contributed by atoms with E-state index in [2.05, 4.69) is 5.32 Å². The molecular weight excluding hydrogens is 517 g/mol. The first kappa shape index (κ1) is 29.8. The van der Waals surface area contributed by atoms with Gasteiger partial charge in [0.05, 0.1) is 10.6 Å². The van der Waals surface area contributed by atoms with Gasteiger partial charge < -0.3 is 10.2 Å². The number of sulfonamides is 1. The first-order valence-electron chi connectivity index (χ1n) is 12.7. The molecule has 0 heterocycles. The topological polar surface area (TPSA) is 86.8 Å². The molecule has 0 aliphatic rings. The zero-order chi connectivity index (χ0) is 29.0. The van der Waals surface area contributed by atoms with Gasteiger partial charge in [-0.3, -0.25) is 13.9 Å². The molecule has 0 spiro atoms. The lowest BCUT2D eigenvalue weighted by atomic mass is 10.1. The number of anilines is 1. The van der Waals surface area contributed by atoms with Crippen molar-refractivity contribution in [2.75, 3.05) is 10.8 Å². The van der Waals surface area contributed by atoms with Crippen LogP contribution in [0.2, 0.25) is 0 Å². The number of nitrogens with zero attached hydrogens (tertiary/aromatic N) is 2. The Morgan fingerprint density at radius 2 is 1.56 bits per heavy atom. The van der Waals surface area contributed by atoms with E-state index in [1.54, 1.807) is 19.1 Å². The number of amides is 2. The van der Waals surface area contributed by atoms with E-state index in [-0.39, 0.29) is 23.0 Å². The molecule has 0 bridgehead atoms. The van der Waals surface area contributed by atoms with Gasteiger partial charge in [0, 0.05) is 12.1 Å². The van der Waals surface area contributed by atoms with Crippen molar-refractivity contribution >= 4 is 27.5 Å². The third kappa shape index (κ3) is 7.66. The molecule has 7 nitrogen and oxygen atoms in total. The quantitative estimate of drug-likeness (QED) is 0.405. The van der Waals surface area contributed by atoms with Crippen LogP contribution in [0.1, 0.15) is 44.4 Å². The number of carbonyl (C=O) groups excluding carboxylic acids is 2. The number of carbonyl (C=O) groups is 2. The molecule has 0 aliphatic heterocycles. The predicted molar refractivity (Wildman–Crippen MR) is 151 cm³/mol. The van der Waals surface area contributed by atoms with E-state index >= 15 is 0 Å². The zero-order valence-corrected chi connectivity index (χ0v) is 24.0. The average Bonchev–Trinajstić information content (AvgIpc) is 2.85. The van der Waals surface area contributed by atoms with Crippen molar-refractivity contribution in [3.63, 3.8) is 0 Å². The van der Waals surface area contributed by atoms with Crippen LogP contribution in [0.4, 0.5) is 10.1 Å². The molecule has 39 heavy (non-hydrogen) atoms. The van der Waals surface area contributed by atoms with Crippen LogP contribution in [0, 0.1) is 19.7 Å². The summed E-state index contributed by atoms with van der Waals surface area (Å²) >= 11 is 0. The molecule has 3 aromatic carbocycles. The van der Waals surface area contributed by atoms with Crippen LogP contribution in [0.15, 0.2) is 77.7 Å². The highest BCUT2D eigenvalue weighted by Crippen LogP contribution is 2.27. The smallest absolute Gasteiger partial charge is 0.264 e. The lowest BCUT2D eigenvalue weighted by Gasteiger charge is -2.33. The van der Waals surface area contributed by atoms with Crippen molar-refractivity contribution in [2.45, 2.75) is 64.6 Å². The van der Waals surface area contributed by atoms with Crippen LogP contribution < -0.4 is 9.62 Å². The van der Waals surface area contributed by atoms with E-state index in [4.69, 9.17) is 0 Å². The van der Waals surface area contributed by atoms with Crippen molar-refractivity contribution in [1.29, 1.82) is 0 Å². The summed E-state index contributed by atoms with van der Waals surface area (Å²) in [4.78, 5) is 28.3. The standard InChI is InChI=1S/C30H36FN3O4S/c1-21-14-16-25(17-15-21)39(37,38)34(27-13-8-7-12-26(27)31)20-28(35)33(19-24-11-9-10-22(2)18-24)23(3)29(36)32-30(4,5)6/h7-18,23H,19-20H2,1-6H3,(H,32,36). The van der Waals surface area contributed by atoms with Crippen molar-refractivity contribution in [3.8, 4) is 0 Å². The normalized spacial score (nSPS) is 12.5. The molecule has 3 aromatic rings. The van der Waals surface area contributed by atoms with Gasteiger partial charge in [-0.1, -0.05) is 59.7 Å². The summed E-state index contributed by atoms with van der Waals surface area (Å²) in [6.07, 6.45) is 0. The number of hydrogen-bond acceptors (Lipinski definition) is 4. The number of benzene rings is 3. The number of aryl methyl sites for hydroxylation is 2. The van der Waals surface area contributed by atoms with Crippen LogP contribution in [0.3, 0.4) is 0 Å². The lowest BCUT2D eigenvalue weighted by Crippen LogP contribution is -2.54.